The first-order valence-electron chi connectivity index (χ1n) is 10.3. The van der Waals surface area contributed by atoms with Crippen molar-refractivity contribution in [1.29, 1.82) is 0 Å². The number of fused-ring (bicyclic) bond motifs is 4. The summed E-state index contributed by atoms with van der Waals surface area (Å²) >= 11 is 0. The Morgan fingerprint density at radius 1 is 1.13 bits per heavy atom. The number of benzene rings is 2. The van der Waals surface area contributed by atoms with Gasteiger partial charge in [-0.1, -0.05) is 30.3 Å². The van der Waals surface area contributed by atoms with Gasteiger partial charge in [0.05, 0.1) is 17.9 Å². The Balaban J connectivity index is 1.55. The lowest BCUT2D eigenvalue weighted by Crippen LogP contribution is -2.55. The normalized spacial score (nSPS) is 30.0. The molecule has 0 saturated carbocycles. The molecule has 2 fully saturated rings. The highest BCUT2D eigenvalue weighted by atomic mass is 19.1. The molecule has 2 aromatic carbocycles. The van der Waals surface area contributed by atoms with Crippen LogP contribution >= 0.6 is 0 Å². The SMILES string of the molecule is C[C@H](O)[C@H]1N[C@]2(C(=O)Nc3ccc(F)cc32)[C@@H]2C(=O)N(CCc3ccccc3)C(=O)[C@H]12. The van der Waals surface area contributed by atoms with Gasteiger partial charge in [-0.3, -0.25) is 24.6 Å². The first-order valence-corrected chi connectivity index (χ1v) is 10.3. The smallest absolute Gasteiger partial charge is 0.250 e. The van der Waals surface area contributed by atoms with Crippen molar-refractivity contribution in [2.75, 3.05) is 11.9 Å². The molecule has 0 bridgehead atoms. The van der Waals surface area contributed by atoms with E-state index in [-0.39, 0.29) is 6.54 Å². The third kappa shape index (κ3) is 2.75. The Labute approximate surface area is 178 Å². The topological polar surface area (TPSA) is 98.7 Å². The number of halogens is 1. The Morgan fingerprint density at radius 2 is 1.87 bits per heavy atom. The van der Waals surface area contributed by atoms with Crippen LogP contribution in [0, 0.1) is 17.7 Å². The number of nitrogens with one attached hydrogen (secondary N) is 2. The van der Waals surface area contributed by atoms with Crippen LogP contribution in [0.1, 0.15) is 18.1 Å². The standard InChI is InChI=1S/C23H22FN3O4/c1-12(28)19-17-18(21(30)27(20(17)29)10-9-13-5-3-2-4-6-13)23(26-19)15-11-14(24)7-8-16(15)25-22(23)31/h2-8,11-12,17-19,26,28H,9-10H2,1H3,(H,25,31)/t12-,17-,18-,19+,23-/m0/s1. The minimum Gasteiger partial charge on any atom is -0.392 e. The van der Waals surface area contributed by atoms with Crippen molar-refractivity contribution in [3.8, 4) is 0 Å². The van der Waals surface area contributed by atoms with Crippen LogP contribution in [0.4, 0.5) is 10.1 Å². The van der Waals surface area contributed by atoms with Gasteiger partial charge >= 0.3 is 0 Å². The van der Waals surface area contributed by atoms with Crippen molar-refractivity contribution in [2.24, 2.45) is 11.8 Å². The molecule has 2 saturated heterocycles. The maximum atomic E-state index is 14.1. The number of hydrogen-bond acceptors (Lipinski definition) is 5. The maximum absolute atomic E-state index is 14.1. The number of imide groups is 1. The lowest BCUT2D eigenvalue weighted by atomic mass is 9.76. The van der Waals surface area contributed by atoms with E-state index in [1.807, 2.05) is 30.3 Å². The van der Waals surface area contributed by atoms with Crippen molar-refractivity contribution in [3.63, 3.8) is 0 Å². The minimum absolute atomic E-state index is 0.176. The van der Waals surface area contributed by atoms with E-state index in [0.29, 0.717) is 17.7 Å². The van der Waals surface area contributed by atoms with Crippen LogP contribution in [-0.4, -0.2) is 46.4 Å². The minimum atomic E-state index is -1.60. The summed E-state index contributed by atoms with van der Waals surface area (Å²) in [5.74, 6) is -3.93. The molecule has 3 aliphatic heterocycles. The van der Waals surface area contributed by atoms with E-state index in [4.69, 9.17) is 0 Å². The second-order valence-electron chi connectivity index (χ2n) is 8.43. The van der Waals surface area contributed by atoms with Crippen molar-refractivity contribution >= 4 is 23.4 Å². The molecule has 5 atom stereocenters. The lowest BCUT2D eigenvalue weighted by molar-refractivity contribution is -0.143. The zero-order valence-corrected chi connectivity index (χ0v) is 16.8. The average molecular weight is 423 g/mol. The summed E-state index contributed by atoms with van der Waals surface area (Å²) in [7, 11) is 0. The maximum Gasteiger partial charge on any atom is 0.250 e. The highest BCUT2D eigenvalue weighted by Gasteiger charge is 2.71. The van der Waals surface area contributed by atoms with Gasteiger partial charge in [-0.15, -0.1) is 0 Å². The number of anilines is 1. The number of nitrogens with zero attached hydrogens (tertiary/aromatic N) is 1. The van der Waals surface area contributed by atoms with E-state index in [9.17, 15) is 23.9 Å². The molecule has 5 rings (SSSR count). The fourth-order valence-corrected chi connectivity index (χ4v) is 5.28. The van der Waals surface area contributed by atoms with E-state index >= 15 is 0 Å². The first kappa shape index (κ1) is 19.8. The molecule has 3 N–H and O–H groups in total. The fourth-order valence-electron chi connectivity index (χ4n) is 5.28. The molecule has 7 nitrogen and oxygen atoms in total. The van der Waals surface area contributed by atoms with Gasteiger partial charge in [0.1, 0.15) is 11.4 Å². The first-order chi connectivity index (χ1) is 14.8. The lowest BCUT2D eigenvalue weighted by Gasteiger charge is -2.30. The number of hydrogen-bond donors (Lipinski definition) is 3. The van der Waals surface area contributed by atoms with E-state index in [1.54, 1.807) is 0 Å². The van der Waals surface area contributed by atoms with Crippen LogP contribution in [-0.2, 0) is 26.3 Å². The molecule has 3 heterocycles. The van der Waals surface area contributed by atoms with Crippen LogP contribution in [0.3, 0.4) is 0 Å². The van der Waals surface area contributed by atoms with Gasteiger partial charge in [0.25, 0.3) is 0 Å². The van der Waals surface area contributed by atoms with Crippen molar-refractivity contribution in [2.45, 2.75) is 31.0 Å². The molecule has 0 aliphatic carbocycles. The summed E-state index contributed by atoms with van der Waals surface area (Å²) in [6.45, 7) is 1.69. The summed E-state index contributed by atoms with van der Waals surface area (Å²) in [5, 5.41) is 16.1. The van der Waals surface area contributed by atoms with Crippen molar-refractivity contribution in [1.82, 2.24) is 10.2 Å². The second kappa shape index (κ2) is 6.96. The number of rotatable bonds is 4. The molecule has 160 valence electrons. The van der Waals surface area contributed by atoms with Crippen LogP contribution in [0.25, 0.3) is 0 Å². The molecule has 31 heavy (non-hydrogen) atoms. The summed E-state index contributed by atoms with van der Waals surface area (Å²) in [4.78, 5) is 41.1. The fraction of sp³-hybridized carbons (Fsp3) is 0.348. The van der Waals surface area contributed by atoms with Gasteiger partial charge in [0, 0.05) is 23.8 Å². The van der Waals surface area contributed by atoms with Crippen molar-refractivity contribution < 1.29 is 23.9 Å². The third-order valence-corrected chi connectivity index (χ3v) is 6.69. The number of amides is 3. The van der Waals surface area contributed by atoms with Crippen LogP contribution < -0.4 is 10.6 Å². The average Bonchev–Trinajstić information content (AvgIpc) is 3.33. The Kier molecular flexibility index (Phi) is 4.46. The van der Waals surface area contributed by atoms with E-state index in [2.05, 4.69) is 10.6 Å². The highest BCUT2D eigenvalue weighted by molar-refractivity contribution is 6.15. The molecular formula is C23H22FN3O4. The highest BCUT2D eigenvalue weighted by Crippen LogP contribution is 2.53. The molecule has 3 aliphatic rings. The van der Waals surface area contributed by atoms with Crippen LogP contribution in [0.5, 0.6) is 0 Å². The molecular weight excluding hydrogens is 401 g/mol. The molecule has 0 aromatic heterocycles. The van der Waals surface area contributed by atoms with Crippen molar-refractivity contribution in [3.05, 3.63) is 65.5 Å². The molecule has 2 aromatic rings. The van der Waals surface area contributed by atoms with Gasteiger partial charge in [-0.05, 0) is 37.1 Å². The molecule has 1 spiro atoms. The zero-order valence-electron chi connectivity index (χ0n) is 16.8. The Morgan fingerprint density at radius 3 is 2.58 bits per heavy atom. The number of aliphatic hydroxyl groups excluding tert-OH is 1. The largest absolute Gasteiger partial charge is 0.392 e. The number of carbonyl (C=O) groups excluding carboxylic acids is 3. The summed E-state index contributed by atoms with van der Waals surface area (Å²) in [5.41, 5.74) is 0.0672. The van der Waals surface area contributed by atoms with E-state index in [0.717, 1.165) is 5.56 Å². The molecule has 8 heteroatoms. The summed E-state index contributed by atoms with van der Waals surface area (Å²) in [6, 6.07) is 12.5. The number of carbonyl (C=O) groups is 3. The van der Waals surface area contributed by atoms with Gasteiger partial charge in [0.15, 0.2) is 0 Å². The third-order valence-electron chi connectivity index (χ3n) is 6.69. The predicted molar refractivity (Wildman–Crippen MR) is 109 cm³/mol. The quantitative estimate of drug-likeness (QED) is 0.642. The second-order valence-corrected chi connectivity index (χ2v) is 8.43. The van der Waals surface area contributed by atoms with Gasteiger partial charge in [-0.2, -0.15) is 0 Å². The number of likely N-dealkylation sites (tertiary alicyclic amines) is 1. The summed E-state index contributed by atoms with van der Waals surface area (Å²) in [6.07, 6.45) is -0.516. The zero-order chi connectivity index (χ0) is 21.9. The molecule has 3 amide bonds. The Hall–Kier alpha value is -3.10. The van der Waals surface area contributed by atoms with Crippen LogP contribution in [0.15, 0.2) is 48.5 Å². The van der Waals surface area contributed by atoms with Gasteiger partial charge in [0.2, 0.25) is 17.7 Å². The van der Waals surface area contributed by atoms with Crippen LogP contribution in [0.2, 0.25) is 0 Å². The van der Waals surface area contributed by atoms with Gasteiger partial charge < -0.3 is 10.4 Å². The monoisotopic (exact) mass is 423 g/mol. The molecule has 0 unspecified atom stereocenters. The molecule has 0 radical (unpaired) electrons. The van der Waals surface area contributed by atoms with E-state index in [1.165, 1.54) is 30.0 Å². The number of aliphatic hydroxyl groups is 1. The van der Waals surface area contributed by atoms with Gasteiger partial charge in [-0.25, -0.2) is 4.39 Å². The Bertz CT molecular complexity index is 1090. The summed E-state index contributed by atoms with van der Waals surface area (Å²) < 4.78 is 14.1. The van der Waals surface area contributed by atoms with E-state index < -0.39 is 53.1 Å². The predicted octanol–water partition coefficient (Wildman–Crippen LogP) is 1.17.